The van der Waals surface area contributed by atoms with E-state index in [0.29, 0.717) is 22.5 Å². The molecule has 3 aromatic heterocycles. The smallest absolute Gasteiger partial charge is 0.268 e. The number of nitrogens with zero attached hydrogens (tertiary/aromatic N) is 4. The predicted molar refractivity (Wildman–Crippen MR) is 216 cm³/mol. The summed E-state index contributed by atoms with van der Waals surface area (Å²) in [6.45, 7) is 0. The Morgan fingerprint density at radius 1 is 0.389 bits per heavy atom. The molecule has 9 aromatic rings. The van der Waals surface area contributed by atoms with Crippen molar-refractivity contribution in [1.82, 2.24) is 14.5 Å². The Morgan fingerprint density at radius 3 is 1.41 bits per heavy atom. The van der Waals surface area contributed by atoms with Crippen molar-refractivity contribution in [1.29, 1.82) is 0 Å². The number of pyridine rings is 2. The number of hydrogen-bond donors (Lipinski definition) is 0. The van der Waals surface area contributed by atoms with Gasteiger partial charge in [-0.1, -0.05) is 91.0 Å². The average Bonchev–Trinajstić information content (AvgIpc) is 3.71. The highest BCUT2D eigenvalue weighted by Gasteiger charge is 2.39. The van der Waals surface area contributed by atoms with E-state index in [1.807, 2.05) is 109 Å². The minimum absolute atomic E-state index is 0.350. The van der Waals surface area contributed by atoms with E-state index in [1.54, 1.807) is 30.9 Å². The van der Waals surface area contributed by atoms with Crippen LogP contribution < -0.4 is 4.90 Å². The van der Waals surface area contributed by atoms with Crippen LogP contribution in [0, 0.1) is 0 Å². The Hall–Kier alpha value is -7.44. The van der Waals surface area contributed by atoms with E-state index in [-0.39, 0.29) is 11.8 Å². The minimum atomic E-state index is -0.361. The lowest BCUT2D eigenvalue weighted by Gasteiger charge is -2.18. The predicted octanol–water partition coefficient (Wildman–Crippen LogP) is 11.0. The molecule has 0 N–H and O–H groups in total. The Bertz CT molecular complexity index is 2750. The summed E-state index contributed by atoms with van der Waals surface area (Å²) in [5.41, 5.74) is 11.7. The van der Waals surface area contributed by atoms with Gasteiger partial charge < -0.3 is 4.57 Å². The minimum Gasteiger partial charge on any atom is -0.308 e. The van der Waals surface area contributed by atoms with Gasteiger partial charge in [-0.15, -0.1) is 0 Å². The Labute approximate surface area is 311 Å². The third kappa shape index (κ3) is 5.12. The Balaban J connectivity index is 1.19. The summed E-state index contributed by atoms with van der Waals surface area (Å²) in [7, 11) is 0. The van der Waals surface area contributed by atoms with E-state index in [4.69, 9.17) is 0 Å². The van der Waals surface area contributed by atoms with Gasteiger partial charge >= 0.3 is 0 Å². The molecule has 254 valence electrons. The van der Waals surface area contributed by atoms with Crippen LogP contribution in [0.2, 0.25) is 0 Å². The lowest BCUT2D eigenvalue weighted by molar-refractivity contribution is 0.0926. The third-order valence-corrected chi connectivity index (χ3v) is 10.3. The molecular weight excluding hydrogens is 665 g/mol. The number of aromatic nitrogens is 3. The molecular formula is C48H30N4O2. The maximum atomic E-state index is 14.9. The van der Waals surface area contributed by atoms with Gasteiger partial charge in [0.15, 0.2) is 0 Å². The van der Waals surface area contributed by atoms with Crippen molar-refractivity contribution in [2.75, 3.05) is 4.90 Å². The van der Waals surface area contributed by atoms with Crippen molar-refractivity contribution in [2.45, 2.75) is 0 Å². The number of carbonyl (C=O) groups excluding carboxylic acids is 2. The van der Waals surface area contributed by atoms with E-state index in [2.05, 4.69) is 57.0 Å². The van der Waals surface area contributed by atoms with Gasteiger partial charge in [-0.05, 0) is 111 Å². The maximum absolute atomic E-state index is 14.9. The summed E-state index contributed by atoms with van der Waals surface area (Å²) in [5, 5.41) is 2.08. The number of imide groups is 1. The highest BCUT2D eigenvalue weighted by Crippen LogP contribution is 2.41. The summed E-state index contributed by atoms with van der Waals surface area (Å²) >= 11 is 0. The maximum Gasteiger partial charge on any atom is 0.268 e. The monoisotopic (exact) mass is 694 g/mol. The van der Waals surface area contributed by atoms with Crippen molar-refractivity contribution in [3.63, 3.8) is 0 Å². The van der Waals surface area contributed by atoms with Gasteiger partial charge in [-0.2, -0.15) is 0 Å². The highest BCUT2D eigenvalue weighted by molar-refractivity contribution is 6.36. The second kappa shape index (κ2) is 12.7. The van der Waals surface area contributed by atoms with E-state index in [1.165, 1.54) is 4.90 Å². The van der Waals surface area contributed by atoms with E-state index < -0.39 is 0 Å². The van der Waals surface area contributed by atoms with Crippen LogP contribution in [-0.4, -0.2) is 26.3 Å². The number of carbonyl (C=O) groups is 2. The molecule has 0 fully saturated rings. The third-order valence-electron chi connectivity index (χ3n) is 10.3. The molecule has 54 heavy (non-hydrogen) atoms. The number of amides is 2. The zero-order valence-corrected chi connectivity index (χ0v) is 28.9. The molecule has 0 unspecified atom stereocenters. The van der Waals surface area contributed by atoms with Crippen molar-refractivity contribution in [3.05, 3.63) is 194 Å². The van der Waals surface area contributed by atoms with Crippen LogP contribution in [-0.2, 0) is 0 Å². The van der Waals surface area contributed by atoms with Crippen LogP contribution in [0.25, 0.3) is 72.0 Å². The molecule has 0 radical (unpaired) electrons. The van der Waals surface area contributed by atoms with Crippen LogP contribution in [0.4, 0.5) is 5.69 Å². The van der Waals surface area contributed by atoms with Crippen LogP contribution in [0.3, 0.4) is 0 Å². The van der Waals surface area contributed by atoms with Crippen LogP contribution in [0.1, 0.15) is 20.7 Å². The molecule has 1 aliphatic heterocycles. The van der Waals surface area contributed by atoms with Crippen molar-refractivity contribution in [2.24, 2.45) is 0 Å². The molecule has 2 amide bonds. The molecule has 0 aliphatic carbocycles. The Morgan fingerprint density at radius 2 is 0.889 bits per heavy atom. The number of rotatable bonds is 6. The van der Waals surface area contributed by atoms with Gasteiger partial charge in [-0.3, -0.25) is 19.6 Å². The summed E-state index contributed by atoms with van der Waals surface area (Å²) in [6.07, 6.45) is 7.15. The fourth-order valence-electron chi connectivity index (χ4n) is 7.75. The molecule has 4 heterocycles. The molecule has 1 aliphatic rings. The largest absolute Gasteiger partial charge is 0.308 e. The molecule has 0 saturated carbocycles. The molecule has 6 aromatic carbocycles. The van der Waals surface area contributed by atoms with Crippen molar-refractivity contribution < 1.29 is 9.59 Å². The van der Waals surface area contributed by atoms with Gasteiger partial charge in [-0.25, -0.2) is 4.90 Å². The standard InChI is InChI=1S/C48H30N4O2/c53-47-42-12-7-13-43(46(42)48(54)51(47)39-27-37(31-8-3-1-4-9-31)26-38(28-39)32-10-5-2-6-11-32)52-44-29-35(33-18-22-49-23-19-33)14-16-40(44)41-17-15-36(30-45(41)52)34-20-24-50-25-21-34/h1-30H. The second-order valence-electron chi connectivity index (χ2n) is 13.4. The van der Waals surface area contributed by atoms with Gasteiger partial charge in [0.2, 0.25) is 0 Å². The first-order valence-electron chi connectivity index (χ1n) is 17.8. The normalized spacial score (nSPS) is 12.5. The molecule has 10 rings (SSSR count). The average molecular weight is 695 g/mol. The van der Waals surface area contributed by atoms with E-state index >= 15 is 0 Å². The zero-order chi connectivity index (χ0) is 36.2. The first kappa shape index (κ1) is 31.3. The van der Waals surface area contributed by atoms with Gasteiger partial charge in [0, 0.05) is 35.6 Å². The molecule has 0 atom stereocenters. The Kier molecular flexibility index (Phi) is 7.34. The van der Waals surface area contributed by atoms with Gasteiger partial charge in [0.1, 0.15) is 0 Å². The summed E-state index contributed by atoms with van der Waals surface area (Å²) in [4.78, 5) is 39.2. The van der Waals surface area contributed by atoms with Crippen LogP contribution in [0.15, 0.2) is 183 Å². The molecule has 0 bridgehead atoms. The van der Waals surface area contributed by atoms with E-state index in [0.717, 1.165) is 66.3 Å². The topological polar surface area (TPSA) is 68.1 Å². The van der Waals surface area contributed by atoms with E-state index in [9.17, 15) is 9.59 Å². The van der Waals surface area contributed by atoms with Gasteiger partial charge in [0.25, 0.3) is 11.8 Å². The molecule has 6 heteroatoms. The highest BCUT2D eigenvalue weighted by atomic mass is 16.2. The summed E-state index contributed by atoms with van der Waals surface area (Å²) < 4.78 is 2.14. The lowest BCUT2D eigenvalue weighted by Crippen LogP contribution is -2.29. The summed E-state index contributed by atoms with van der Waals surface area (Å²) in [5.74, 6) is -0.711. The molecule has 6 nitrogen and oxygen atoms in total. The molecule has 0 saturated heterocycles. The summed E-state index contributed by atoms with van der Waals surface area (Å²) in [6, 6.07) is 52.4. The fraction of sp³-hybridized carbons (Fsp3) is 0. The van der Waals surface area contributed by atoms with Crippen molar-refractivity contribution >= 4 is 39.3 Å². The first-order chi connectivity index (χ1) is 26.6. The number of benzene rings is 6. The quantitative estimate of drug-likeness (QED) is 0.163. The lowest BCUT2D eigenvalue weighted by atomic mass is 9.97. The second-order valence-corrected chi connectivity index (χ2v) is 13.4. The number of anilines is 1. The van der Waals surface area contributed by atoms with Crippen molar-refractivity contribution in [3.8, 4) is 50.2 Å². The first-order valence-corrected chi connectivity index (χ1v) is 17.8. The van der Waals surface area contributed by atoms with Gasteiger partial charge in [0.05, 0.1) is 33.5 Å². The SMILES string of the molecule is O=C1c2cccc(-n3c4cc(-c5ccncc5)ccc4c4ccc(-c5ccncc5)cc43)c2C(=O)N1c1cc(-c2ccccc2)cc(-c2ccccc2)c1. The fourth-order valence-corrected chi connectivity index (χ4v) is 7.75. The van der Waals surface area contributed by atoms with Crippen LogP contribution >= 0.6 is 0 Å². The van der Waals surface area contributed by atoms with Crippen LogP contribution in [0.5, 0.6) is 0 Å². The zero-order valence-electron chi connectivity index (χ0n) is 28.9. The number of hydrogen-bond acceptors (Lipinski definition) is 4. The molecule has 0 spiro atoms. The number of fused-ring (bicyclic) bond motifs is 4.